The average molecular weight is 216 g/mol. The lowest BCUT2D eigenvalue weighted by Crippen LogP contribution is -2.47. The number of rotatable bonds is 8. The van der Waals surface area contributed by atoms with E-state index in [0.717, 1.165) is 19.4 Å². The van der Waals surface area contributed by atoms with Gasteiger partial charge in [0.1, 0.15) is 0 Å². The molecule has 1 unspecified atom stereocenters. The van der Waals surface area contributed by atoms with Crippen LogP contribution in [0, 0.1) is 0 Å². The summed E-state index contributed by atoms with van der Waals surface area (Å²) in [6.07, 6.45) is 2.25. The molecule has 90 valence electrons. The van der Waals surface area contributed by atoms with Crippen molar-refractivity contribution in [1.29, 1.82) is 0 Å². The van der Waals surface area contributed by atoms with E-state index in [0.29, 0.717) is 19.6 Å². The highest BCUT2D eigenvalue weighted by Crippen LogP contribution is 2.01. The summed E-state index contributed by atoms with van der Waals surface area (Å²) in [5, 5.41) is 2.81. The second-order valence-electron chi connectivity index (χ2n) is 4.15. The topological polar surface area (TPSA) is 64.3 Å². The van der Waals surface area contributed by atoms with Crippen molar-refractivity contribution in [2.45, 2.75) is 45.6 Å². The van der Waals surface area contributed by atoms with Gasteiger partial charge in [-0.15, -0.1) is 0 Å². The molecular weight excluding hydrogens is 192 g/mol. The van der Waals surface area contributed by atoms with Crippen LogP contribution in [0.1, 0.15) is 40.0 Å². The minimum Gasteiger partial charge on any atom is -0.381 e. The summed E-state index contributed by atoms with van der Waals surface area (Å²) in [4.78, 5) is 11.3. The van der Waals surface area contributed by atoms with Gasteiger partial charge in [0.15, 0.2) is 0 Å². The summed E-state index contributed by atoms with van der Waals surface area (Å²) in [7, 11) is 0. The molecular formula is C11H24N2O2. The Labute approximate surface area is 92.6 Å². The van der Waals surface area contributed by atoms with Gasteiger partial charge in [-0.1, -0.05) is 13.8 Å². The largest absolute Gasteiger partial charge is 0.381 e. The first-order valence-electron chi connectivity index (χ1n) is 5.65. The fraction of sp³-hybridized carbons (Fsp3) is 0.909. The van der Waals surface area contributed by atoms with E-state index in [1.807, 2.05) is 20.8 Å². The van der Waals surface area contributed by atoms with Crippen LogP contribution in [0.15, 0.2) is 0 Å². The Kier molecular flexibility index (Phi) is 7.34. The maximum atomic E-state index is 11.3. The second-order valence-corrected chi connectivity index (χ2v) is 4.15. The molecule has 0 aliphatic heterocycles. The van der Waals surface area contributed by atoms with Gasteiger partial charge in [0.25, 0.3) is 0 Å². The zero-order valence-corrected chi connectivity index (χ0v) is 10.1. The number of nitrogens with two attached hydrogens (primary N) is 1. The smallest absolute Gasteiger partial charge is 0.222 e. The van der Waals surface area contributed by atoms with Crippen LogP contribution in [0.2, 0.25) is 0 Å². The van der Waals surface area contributed by atoms with Crippen molar-refractivity contribution < 1.29 is 9.53 Å². The Morgan fingerprint density at radius 1 is 1.40 bits per heavy atom. The monoisotopic (exact) mass is 216 g/mol. The minimum absolute atomic E-state index is 0.0104. The molecule has 0 saturated heterocycles. The van der Waals surface area contributed by atoms with Gasteiger partial charge in [0.05, 0.1) is 6.61 Å². The zero-order valence-electron chi connectivity index (χ0n) is 10.1. The number of carbonyl (C=O) groups excluding carboxylic acids is 1. The molecule has 4 heteroatoms. The fourth-order valence-electron chi connectivity index (χ4n) is 0.925. The first-order chi connectivity index (χ1) is 7.02. The van der Waals surface area contributed by atoms with Crippen LogP contribution in [0.4, 0.5) is 0 Å². The molecule has 0 radical (unpaired) electrons. The van der Waals surface area contributed by atoms with Crippen molar-refractivity contribution in [2.75, 3.05) is 19.8 Å². The van der Waals surface area contributed by atoms with Gasteiger partial charge in [-0.2, -0.15) is 0 Å². The predicted molar refractivity (Wildman–Crippen MR) is 61.6 cm³/mol. The number of hydrogen-bond donors (Lipinski definition) is 2. The van der Waals surface area contributed by atoms with Gasteiger partial charge in [0, 0.05) is 25.1 Å². The van der Waals surface area contributed by atoms with Crippen LogP contribution in [0.25, 0.3) is 0 Å². The lowest BCUT2D eigenvalue weighted by molar-refractivity contribution is -0.122. The van der Waals surface area contributed by atoms with E-state index in [2.05, 4.69) is 5.32 Å². The molecule has 0 aliphatic carbocycles. The van der Waals surface area contributed by atoms with Gasteiger partial charge < -0.3 is 15.8 Å². The van der Waals surface area contributed by atoms with Crippen LogP contribution in [-0.2, 0) is 9.53 Å². The van der Waals surface area contributed by atoms with Gasteiger partial charge in [-0.25, -0.2) is 0 Å². The van der Waals surface area contributed by atoms with Gasteiger partial charge in [-0.3, -0.25) is 4.79 Å². The first kappa shape index (κ1) is 14.4. The highest BCUT2D eigenvalue weighted by Gasteiger charge is 2.16. The summed E-state index contributed by atoms with van der Waals surface area (Å²) in [6.45, 7) is 7.72. The van der Waals surface area contributed by atoms with Crippen molar-refractivity contribution >= 4 is 5.91 Å². The SMILES string of the molecule is CCCOCCC(=O)NCC(C)(N)CC. The predicted octanol–water partition coefficient (Wildman–Crippen LogP) is 1.05. The van der Waals surface area contributed by atoms with Gasteiger partial charge >= 0.3 is 0 Å². The summed E-state index contributed by atoms with van der Waals surface area (Å²) in [6, 6.07) is 0. The second kappa shape index (κ2) is 7.65. The Morgan fingerprint density at radius 2 is 2.07 bits per heavy atom. The molecule has 15 heavy (non-hydrogen) atoms. The van der Waals surface area contributed by atoms with Crippen molar-refractivity contribution in [1.82, 2.24) is 5.32 Å². The zero-order chi connectivity index (χ0) is 11.7. The van der Waals surface area contributed by atoms with Crippen LogP contribution in [0.5, 0.6) is 0 Å². The lowest BCUT2D eigenvalue weighted by Gasteiger charge is -2.22. The molecule has 0 bridgehead atoms. The highest BCUT2D eigenvalue weighted by molar-refractivity contribution is 5.76. The number of nitrogens with one attached hydrogen (secondary N) is 1. The van der Waals surface area contributed by atoms with Crippen LogP contribution >= 0.6 is 0 Å². The number of amides is 1. The minimum atomic E-state index is -0.306. The van der Waals surface area contributed by atoms with Crippen molar-refractivity contribution in [3.63, 3.8) is 0 Å². The number of carbonyl (C=O) groups is 1. The molecule has 1 atom stereocenters. The van der Waals surface area contributed by atoms with Crippen LogP contribution < -0.4 is 11.1 Å². The van der Waals surface area contributed by atoms with E-state index in [-0.39, 0.29) is 11.4 Å². The Bertz CT molecular complexity index is 181. The van der Waals surface area contributed by atoms with E-state index >= 15 is 0 Å². The van der Waals surface area contributed by atoms with E-state index in [4.69, 9.17) is 10.5 Å². The van der Waals surface area contributed by atoms with Crippen molar-refractivity contribution in [2.24, 2.45) is 5.73 Å². The molecule has 0 fully saturated rings. The maximum Gasteiger partial charge on any atom is 0.222 e. The molecule has 0 aromatic rings. The lowest BCUT2D eigenvalue weighted by atomic mass is 10.0. The molecule has 3 N–H and O–H groups in total. The molecule has 0 saturated carbocycles. The Balaban J connectivity index is 3.49. The van der Waals surface area contributed by atoms with Gasteiger partial charge in [-0.05, 0) is 19.8 Å². The summed E-state index contributed by atoms with van der Waals surface area (Å²) in [5.41, 5.74) is 5.59. The van der Waals surface area contributed by atoms with E-state index in [1.165, 1.54) is 0 Å². The summed E-state index contributed by atoms with van der Waals surface area (Å²) < 4.78 is 5.22. The average Bonchev–Trinajstić information content (AvgIpc) is 2.22. The number of ether oxygens (including phenoxy) is 1. The van der Waals surface area contributed by atoms with Crippen LogP contribution in [0.3, 0.4) is 0 Å². The Morgan fingerprint density at radius 3 is 2.60 bits per heavy atom. The molecule has 0 aromatic heterocycles. The van der Waals surface area contributed by atoms with E-state index < -0.39 is 0 Å². The fourth-order valence-corrected chi connectivity index (χ4v) is 0.925. The first-order valence-corrected chi connectivity index (χ1v) is 5.65. The van der Waals surface area contributed by atoms with Crippen LogP contribution in [-0.4, -0.2) is 31.2 Å². The highest BCUT2D eigenvalue weighted by atomic mass is 16.5. The molecule has 0 aromatic carbocycles. The third-order valence-corrected chi connectivity index (χ3v) is 2.32. The molecule has 1 amide bonds. The molecule has 0 rings (SSSR count). The van der Waals surface area contributed by atoms with Crippen molar-refractivity contribution in [3.8, 4) is 0 Å². The summed E-state index contributed by atoms with van der Waals surface area (Å²) in [5.74, 6) is 0.0104. The standard InChI is InChI=1S/C11H24N2O2/c1-4-7-15-8-6-10(14)13-9-11(3,12)5-2/h4-9,12H2,1-3H3,(H,13,14). The molecule has 0 heterocycles. The molecule has 4 nitrogen and oxygen atoms in total. The van der Waals surface area contributed by atoms with E-state index in [9.17, 15) is 4.79 Å². The molecule has 0 aliphatic rings. The maximum absolute atomic E-state index is 11.3. The third kappa shape index (κ3) is 8.39. The summed E-state index contributed by atoms with van der Waals surface area (Å²) >= 11 is 0. The Hall–Kier alpha value is -0.610. The quantitative estimate of drug-likeness (QED) is 0.596. The third-order valence-electron chi connectivity index (χ3n) is 2.32. The van der Waals surface area contributed by atoms with Crippen molar-refractivity contribution in [3.05, 3.63) is 0 Å². The van der Waals surface area contributed by atoms with E-state index in [1.54, 1.807) is 0 Å². The normalized spacial score (nSPS) is 14.7. The van der Waals surface area contributed by atoms with Gasteiger partial charge in [0.2, 0.25) is 5.91 Å². The number of hydrogen-bond acceptors (Lipinski definition) is 3. The molecule has 0 spiro atoms.